The Hall–Kier alpha value is -2.63. The van der Waals surface area contributed by atoms with Gasteiger partial charge in [-0.3, -0.25) is 4.79 Å². The maximum Gasteiger partial charge on any atom is 0.328 e. The molecular formula is C14H15N3O3. The van der Waals surface area contributed by atoms with Crippen molar-refractivity contribution >= 4 is 11.9 Å². The molecule has 104 valence electrons. The first-order valence-corrected chi connectivity index (χ1v) is 6.07. The number of hydrogen-bond donors (Lipinski definition) is 2. The lowest BCUT2D eigenvalue weighted by molar-refractivity contribution is -0.143. The predicted octanol–water partition coefficient (Wildman–Crippen LogP) is 1.47. The molecule has 2 rings (SSSR count). The van der Waals surface area contributed by atoms with E-state index in [0.717, 1.165) is 5.69 Å². The van der Waals surface area contributed by atoms with Crippen molar-refractivity contribution in [2.24, 2.45) is 0 Å². The topological polar surface area (TPSA) is 84.2 Å². The molecule has 0 unspecified atom stereocenters. The van der Waals surface area contributed by atoms with Gasteiger partial charge < -0.3 is 10.4 Å². The number of para-hydroxylation sites is 1. The van der Waals surface area contributed by atoms with Crippen molar-refractivity contribution in [1.29, 1.82) is 0 Å². The van der Waals surface area contributed by atoms with Gasteiger partial charge in [-0.15, -0.1) is 0 Å². The van der Waals surface area contributed by atoms with Gasteiger partial charge in [0.05, 0.1) is 5.69 Å². The van der Waals surface area contributed by atoms with Crippen LogP contribution in [0, 0.1) is 0 Å². The molecular weight excluding hydrogens is 258 g/mol. The van der Waals surface area contributed by atoms with E-state index in [0.29, 0.717) is 0 Å². The SMILES string of the molecule is CC(C)(NC(=O)c1ccn(-c2ccccc2)n1)C(=O)O. The second-order valence-electron chi connectivity index (χ2n) is 4.87. The van der Waals surface area contributed by atoms with Crippen LogP contribution in [0.5, 0.6) is 0 Å². The Morgan fingerprint density at radius 1 is 1.20 bits per heavy atom. The maximum absolute atomic E-state index is 12.0. The van der Waals surface area contributed by atoms with Gasteiger partial charge in [-0.1, -0.05) is 18.2 Å². The Bertz CT molecular complexity index is 632. The molecule has 1 aromatic carbocycles. The van der Waals surface area contributed by atoms with E-state index in [-0.39, 0.29) is 5.69 Å². The molecule has 0 aliphatic rings. The van der Waals surface area contributed by atoms with Crippen molar-refractivity contribution in [1.82, 2.24) is 15.1 Å². The number of carbonyl (C=O) groups excluding carboxylic acids is 1. The fourth-order valence-electron chi connectivity index (χ4n) is 1.57. The standard InChI is InChI=1S/C14H15N3O3/c1-14(2,13(19)20)15-12(18)11-8-9-17(16-11)10-6-4-3-5-7-10/h3-9H,1-2H3,(H,15,18)(H,19,20). The highest BCUT2D eigenvalue weighted by Gasteiger charge is 2.30. The summed E-state index contributed by atoms with van der Waals surface area (Å²) in [6, 6.07) is 10.9. The second-order valence-corrected chi connectivity index (χ2v) is 4.87. The summed E-state index contributed by atoms with van der Waals surface area (Å²) in [6.45, 7) is 2.84. The number of aromatic nitrogens is 2. The largest absolute Gasteiger partial charge is 0.480 e. The van der Waals surface area contributed by atoms with E-state index in [9.17, 15) is 9.59 Å². The fourth-order valence-corrected chi connectivity index (χ4v) is 1.57. The molecule has 0 fully saturated rings. The Morgan fingerprint density at radius 2 is 1.85 bits per heavy atom. The van der Waals surface area contributed by atoms with Gasteiger partial charge in [0.15, 0.2) is 5.69 Å². The van der Waals surface area contributed by atoms with Gasteiger partial charge in [-0.25, -0.2) is 9.48 Å². The van der Waals surface area contributed by atoms with Crippen LogP contribution in [-0.4, -0.2) is 32.3 Å². The predicted molar refractivity (Wildman–Crippen MR) is 72.7 cm³/mol. The van der Waals surface area contributed by atoms with Crippen LogP contribution >= 0.6 is 0 Å². The van der Waals surface area contributed by atoms with Crippen LogP contribution in [0.2, 0.25) is 0 Å². The van der Waals surface area contributed by atoms with Crippen LogP contribution in [0.3, 0.4) is 0 Å². The summed E-state index contributed by atoms with van der Waals surface area (Å²) in [5, 5.41) is 15.5. The molecule has 0 spiro atoms. The molecule has 0 atom stereocenters. The molecule has 0 aliphatic carbocycles. The van der Waals surface area contributed by atoms with E-state index in [1.165, 1.54) is 13.8 Å². The number of nitrogens with one attached hydrogen (secondary N) is 1. The molecule has 0 saturated heterocycles. The van der Waals surface area contributed by atoms with E-state index in [1.54, 1.807) is 16.9 Å². The molecule has 2 N–H and O–H groups in total. The third-order valence-electron chi connectivity index (χ3n) is 2.80. The summed E-state index contributed by atoms with van der Waals surface area (Å²) in [4.78, 5) is 22.9. The number of hydrogen-bond acceptors (Lipinski definition) is 3. The number of benzene rings is 1. The van der Waals surface area contributed by atoms with E-state index in [2.05, 4.69) is 10.4 Å². The third kappa shape index (κ3) is 2.85. The molecule has 1 heterocycles. The van der Waals surface area contributed by atoms with Crippen LogP contribution in [0.25, 0.3) is 5.69 Å². The Labute approximate surface area is 116 Å². The highest BCUT2D eigenvalue weighted by molar-refractivity contribution is 5.96. The number of aliphatic carboxylic acids is 1. The van der Waals surface area contributed by atoms with Crippen LogP contribution < -0.4 is 5.32 Å². The van der Waals surface area contributed by atoms with Crippen LogP contribution in [0.4, 0.5) is 0 Å². The summed E-state index contributed by atoms with van der Waals surface area (Å²) >= 11 is 0. The lowest BCUT2D eigenvalue weighted by Crippen LogP contribution is -2.49. The fraction of sp³-hybridized carbons (Fsp3) is 0.214. The number of carboxylic acids is 1. The van der Waals surface area contributed by atoms with Gasteiger partial charge in [-0.2, -0.15) is 5.10 Å². The van der Waals surface area contributed by atoms with Crippen LogP contribution in [-0.2, 0) is 4.79 Å². The van der Waals surface area contributed by atoms with E-state index in [1.807, 2.05) is 30.3 Å². The number of carbonyl (C=O) groups is 2. The second kappa shape index (κ2) is 5.16. The molecule has 1 amide bonds. The van der Waals surface area contributed by atoms with Crippen molar-refractivity contribution in [2.45, 2.75) is 19.4 Å². The average Bonchev–Trinajstić information content (AvgIpc) is 2.88. The van der Waals surface area contributed by atoms with Gasteiger partial charge in [0, 0.05) is 6.20 Å². The quantitative estimate of drug-likeness (QED) is 0.883. The van der Waals surface area contributed by atoms with E-state index >= 15 is 0 Å². The molecule has 2 aromatic rings. The smallest absolute Gasteiger partial charge is 0.328 e. The zero-order valence-corrected chi connectivity index (χ0v) is 11.2. The Morgan fingerprint density at radius 3 is 2.45 bits per heavy atom. The molecule has 0 radical (unpaired) electrons. The monoisotopic (exact) mass is 273 g/mol. The highest BCUT2D eigenvalue weighted by atomic mass is 16.4. The molecule has 0 bridgehead atoms. The first kappa shape index (κ1) is 13.8. The molecule has 0 saturated carbocycles. The van der Waals surface area contributed by atoms with Crippen molar-refractivity contribution in [3.63, 3.8) is 0 Å². The van der Waals surface area contributed by atoms with Crippen LogP contribution in [0.15, 0.2) is 42.6 Å². The van der Waals surface area contributed by atoms with E-state index in [4.69, 9.17) is 5.11 Å². The average molecular weight is 273 g/mol. The van der Waals surface area contributed by atoms with Crippen molar-refractivity contribution in [2.75, 3.05) is 0 Å². The number of nitrogens with zero attached hydrogens (tertiary/aromatic N) is 2. The lowest BCUT2D eigenvalue weighted by Gasteiger charge is -2.20. The highest BCUT2D eigenvalue weighted by Crippen LogP contribution is 2.08. The minimum absolute atomic E-state index is 0.170. The summed E-state index contributed by atoms with van der Waals surface area (Å²) in [6.07, 6.45) is 1.65. The first-order valence-electron chi connectivity index (χ1n) is 6.07. The molecule has 0 aliphatic heterocycles. The number of carboxylic acid groups (broad SMARTS) is 1. The summed E-state index contributed by atoms with van der Waals surface area (Å²) in [5.41, 5.74) is -0.347. The third-order valence-corrected chi connectivity index (χ3v) is 2.80. The zero-order valence-electron chi connectivity index (χ0n) is 11.2. The number of amides is 1. The summed E-state index contributed by atoms with van der Waals surface area (Å²) < 4.78 is 1.56. The van der Waals surface area contributed by atoms with Gasteiger partial charge in [0.25, 0.3) is 5.91 Å². The van der Waals surface area contributed by atoms with Crippen molar-refractivity contribution in [3.8, 4) is 5.69 Å². The molecule has 1 aromatic heterocycles. The minimum Gasteiger partial charge on any atom is -0.480 e. The summed E-state index contributed by atoms with van der Waals surface area (Å²) in [5.74, 6) is -1.62. The van der Waals surface area contributed by atoms with E-state index < -0.39 is 17.4 Å². The van der Waals surface area contributed by atoms with Crippen molar-refractivity contribution < 1.29 is 14.7 Å². The molecule has 6 heteroatoms. The lowest BCUT2D eigenvalue weighted by atomic mass is 10.1. The molecule has 20 heavy (non-hydrogen) atoms. The number of rotatable bonds is 4. The zero-order chi connectivity index (χ0) is 14.8. The van der Waals surface area contributed by atoms with Crippen LogP contribution in [0.1, 0.15) is 24.3 Å². The summed E-state index contributed by atoms with van der Waals surface area (Å²) in [7, 11) is 0. The Balaban J connectivity index is 2.17. The maximum atomic E-state index is 12.0. The Kier molecular flexibility index (Phi) is 3.56. The van der Waals surface area contributed by atoms with Gasteiger partial charge in [-0.05, 0) is 32.0 Å². The molecule has 6 nitrogen and oxygen atoms in total. The van der Waals surface area contributed by atoms with Gasteiger partial charge in [0.2, 0.25) is 0 Å². The normalized spacial score (nSPS) is 11.1. The van der Waals surface area contributed by atoms with Gasteiger partial charge >= 0.3 is 5.97 Å². The first-order chi connectivity index (χ1) is 9.40. The van der Waals surface area contributed by atoms with Crippen molar-refractivity contribution in [3.05, 3.63) is 48.3 Å². The minimum atomic E-state index is -1.34. The van der Waals surface area contributed by atoms with Gasteiger partial charge in [0.1, 0.15) is 5.54 Å².